The molecule has 0 spiro atoms. The van der Waals surface area contributed by atoms with Crippen LogP contribution in [0.2, 0.25) is 0 Å². The average molecular weight is 292 g/mol. The van der Waals surface area contributed by atoms with E-state index < -0.39 is 5.92 Å². The molecule has 0 fully saturated rings. The van der Waals surface area contributed by atoms with Crippen LogP contribution in [-0.2, 0) is 42.3 Å². The third-order valence-electron chi connectivity index (χ3n) is 2.55. The summed E-state index contributed by atoms with van der Waals surface area (Å²) in [6.45, 7) is 6.72. The van der Waals surface area contributed by atoms with Crippen molar-refractivity contribution in [3.8, 4) is 0 Å². The number of carbonyl (C=O) groups is 2. The van der Waals surface area contributed by atoms with E-state index in [4.69, 9.17) is 0 Å². The van der Waals surface area contributed by atoms with Gasteiger partial charge >= 0.3 is 32.7 Å². The molecule has 0 atom stereocenters. The van der Waals surface area contributed by atoms with E-state index in [2.05, 4.69) is 6.07 Å². The molecule has 0 aromatic heterocycles. The van der Waals surface area contributed by atoms with Crippen LogP contribution in [0.5, 0.6) is 0 Å². The first-order chi connectivity index (χ1) is 6.95. The fourth-order valence-corrected chi connectivity index (χ4v) is 1.91. The first-order valence-corrected chi connectivity index (χ1v) is 4.93. The SMILES string of the molecule is CC(=O)C(C(C)=O)c1c(C)c[c-]cc1C.[Y+3]. The van der Waals surface area contributed by atoms with Crippen molar-refractivity contribution in [2.24, 2.45) is 0 Å². The van der Waals surface area contributed by atoms with Gasteiger partial charge in [-0.2, -0.15) is 29.3 Å². The van der Waals surface area contributed by atoms with Gasteiger partial charge in [0.1, 0.15) is 11.6 Å². The standard InChI is InChI=1S/C13H15O2.Y/c1-8-6-5-7-9(2)12(8)13(10(3)14)11(4)15;/h6-7,13H,1-4H3;/q-1;+3. The normalized spacial score (nSPS) is 9.81. The molecule has 1 rings (SSSR count). The van der Waals surface area contributed by atoms with Gasteiger partial charge in [-0.05, 0) is 13.8 Å². The largest absolute Gasteiger partial charge is 3.00 e. The van der Waals surface area contributed by atoms with Crippen molar-refractivity contribution in [1.29, 1.82) is 0 Å². The number of rotatable bonds is 3. The van der Waals surface area contributed by atoms with Gasteiger partial charge in [-0.25, -0.2) is 0 Å². The Labute approximate surface area is 122 Å². The monoisotopic (exact) mass is 292 g/mol. The summed E-state index contributed by atoms with van der Waals surface area (Å²) < 4.78 is 0. The number of ketones is 2. The van der Waals surface area contributed by atoms with Crippen molar-refractivity contribution in [2.75, 3.05) is 0 Å². The van der Waals surface area contributed by atoms with Gasteiger partial charge in [0.25, 0.3) is 0 Å². The number of carbonyl (C=O) groups excluding carboxylic acids is 2. The molecule has 0 saturated heterocycles. The molecular formula is C13H15O2Y+2. The zero-order valence-corrected chi connectivity index (χ0v) is 13.0. The van der Waals surface area contributed by atoms with Crippen LogP contribution in [0.15, 0.2) is 12.1 Å². The predicted molar refractivity (Wildman–Crippen MR) is 58.9 cm³/mol. The zero-order chi connectivity index (χ0) is 11.6. The van der Waals surface area contributed by atoms with E-state index in [9.17, 15) is 9.59 Å². The summed E-state index contributed by atoms with van der Waals surface area (Å²) in [5, 5.41) is 0. The molecule has 0 aliphatic heterocycles. The Balaban J connectivity index is 0.00000225. The van der Waals surface area contributed by atoms with Gasteiger partial charge in [0.05, 0.1) is 5.92 Å². The van der Waals surface area contributed by atoms with Gasteiger partial charge in [-0.15, -0.1) is 5.56 Å². The van der Waals surface area contributed by atoms with Gasteiger partial charge in [0.2, 0.25) is 0 Å². The number of benzene rings is 1. The maximum atomic E-state index is 11.5. The van der Waals surface area contributed by atoms with E-state index in [0.29, 0.717) is 0 Å². The maximum Gasteiger partial charge on any atom is 3.00 e. The zero-order valence-electron chi connectivity index (χ0n) is 10.1. The molecule has 0 unspecified atom stereocenters. The molecule has 80 valence electrons. The van der Waals surface area contributed by atoms with E-state index in [1.807, 2.05) is 13.8 Å². The van der Waals surface area contributed by atoms with Crippen LogP contribution in [-0.4, -0.2) is 11.6 Å². The molecule has 0 amide bonds. The Morgan fingerprint density at radius 3 is 1.75 bits per heavy atom. The second-order valence-electron chi connectivity index (χ2n) is 3.89. The van der Waals surface area contributed by atoms with Crippen LogP contribution in [0.3, 0.4) is 0 Å². The topological polar surface area (TPSA) is 34.1 Å². The van der Waals surface area contributed by atoms with E-state index in [0.717, 1.165) is 16.7 Å². The number of aryl methyl sites for hydroxylation is 2. The molecule has 0 saturated carbocycles. The van der Waals surface area contributed by atoms with Gasteiger partial charge < -0.3 is 0 Å². The summed E-state index contributed by atoms with van der Waals surface area (Å²) >= 11 is 0. The fourth-order valence-electron chi connectivity index (χ4n) is 1.91. The number of Topliss-reactive ketones (excluding diaryl/α,β-unsaturated/α-hetero) is 2. The molecule has 0 bridgehead atoms. The van der Waals surface area contributed by atoms with Crippen molar-refractivity contribution in [3.05, 3.63) is 34.9 Å². The molecule has 0 heterocycles. The molecule has 1 aromatic rings. The minimum atomic E-state index is -0.611. The summed E-state index contributed by atoms with van der Waals surface area (Å²) in [4.78, 5) is 22.9. The summed E-state index contributed by atoms with van der Waals surface area (Å²) in [7, 11) is 0. The molecule has 16 heavy (non-hydrogen) atoms. The van der Waals surface area contributed by atoms with Crippen molar-refractivity contribution >= 4 is 11.6 Å². The summed E-state index contributed by atoms with van der Waals surface area (Å²) in [5.74, 6) is -0.806. The molecule has 0 radical (unpaired) electrons. The van der Waals surface area contributed by atoms with Crippen LogP contribution >= 0.6 is 0 Å². The third kappa shape index (κ3) is 3.33. The molecule has 1 aromatic carbocycles. The van der Waals surface area contributed by atoms with Gasteiger partial charge in [-0.3, -0.25) is 9.59 Å². The van der Waals surface area contributed by atoms with Crippen molar-refractivity contribution in [3.63, 3.8) is 0 Å². The second kappa shape index (κ2) is 6.41. The van der Waals surface area contributed by atoms with Gasteiger partial charge in [0, 0.05) is 0 Å². The minimum absolute atomic E-state index is 0. The summed E-state index contributed by atoms with van der Waals surface area (Å²) in [6.07, 6.45) is 0. The molecular weight excluding hydrogens is 277 g/mol. The van der Waals surface area contributed by atoms with E-state index in [1.54, 1.807) is 12.1 Å². The van der Waals surface area contributed by atoms with Crippen LogP contribution in [0.25, 0.3) is 0 Å². The average Bonchev–Trinajstić information content (AvgIpc) is 2.09. The maximum absolute atomic E-state index is 11.5. The Morgan fingerprint density at radius 2 is 1.44 bits per heavy atom. The second-order valence-corrected chi connectivity index (χ2v) is 3.89. The first-order valence-electron chi connectivity index (χ1n) is 4.93. The molecule has 3 heteroatoms. The molecule has 0 aliphatic rings. The van der Waals surface area contributed by atoms with Crippen LogP contribution in [0, 0.1) is 19.9 Å². The van der Waals surface area contributed by atoms with Gasteiger partial charge in [0.15, 0.2) is 0 Å². The predicted octanol–water partition coefficient (Wildman–Crippen LogP) is 2.36. The molecule has 0 aliphatic carbocycles. The Morgan fingerprint density at radius 1 is 1.06 bits per heavy atom. The summed E-state index contributed by atoms with van der Waals surface area (Å²) in [6, 6.07) is 6.59. The van der Waals surface area contributed by atoms with Crippen LogP contribution < -0.4 is 0 Å². The van der Waals surface area contributed by atoms with Crippen LogP contribution in [0.4, 0.5) is 0 Å². The summed E-state index contributed by atoms with van der Waals surface area (Å²) in [5.41, 5.74) is 2.74. The Kier molecular flexibility index (Phi) is 6.28. The first kappa shape index (κ1) is 15.7. The van der Waals surface area contributed by atoms with Crippen LogP contribution in [0.1, 0.15) is 36.5 Å². The van der Waals surface area contributed by atoms with E-state index in [1.165, 1.54) is 13.8 Å². The van der Waals surface area contributed by atoms with E-state index in [-0.39, 0.29) is 44.3 Å². The fraction of sp³-hybridized carbons (Fsp3) is 0.385. The van der Waals surface area contributed by atoms with E-state index >= 15 is 0 Å². The third-order valence-corrected chi connectivity index (χ3v) is 2.55. The molecule has 2 nitrogen and oxygen atoms in total. The quantitative estimate of drug-likeness (QED) is 0.633. The Hall–Kier alpha value is -0.336. The smallest absolute Gasteiger partial charge is 0.299 e. The van der Waals surface area contributed by atoms with Gasteiger partial charge in [-0.1, -0.05) is 13.8 Å². The minimum Gasteiger partial charge on any atom is -0.299 e. The molecule has 0 N–H and O–H groups in total. The van der Waals surface area contributed by atoms with Crippen molar-refractivity contribution < 1.29 is 42.3 Å². The Bertz CT molecular complexity index is 376. The number of hydrogen-bond donors (Lipinski definition) is 0. The van der Waals surface area contributed by atoms with Crippen molar-refractivity contribution in [2.45, 2.75) is 33.6 Å². The number of hydrogen-bond acceptors (Lipinski definition) is 2. The van der Waals surface area contributed by atoms with Crippen molar-refractivity contribution in [1.82, 2.24) is 0 Å².